The zero-order chi connectivity index (χ0) is 14.7. The molecular weight excluding hydrogens is 244 g/mol. The van der Waals surface area contributed by atoms with Crippen LogP contribution in [0.3, 0.4) is 0 Å². The van der Waals surface area contributed by atoms with E-state index in [1.54, 1.807) is 0 Å². The first kappa shape index (κ1) is 15.5. The average molecular weight is 274 g/mol. The van der Waals surface area contributed by atoms with E-state index in [1.807, 2.05) is 0 Å². The second kappa shape index (κ2) is 6.73. The van der Waals surface area contributed by atoms with Crippen LogP contribution < -0.4 is 5.73 Å². The maximum atomic E-state index is 6.01. The summed E-state index contributed by atoms with van der Waals surface area (Å²) in [6.45, 7) is 8.75. The molecule has 1 aromatic rings. The number of benzene rings is 1. The summed E-state index contributed by atoms with van der Waals surface area (Å²) in [6.07, 6.45) is 2.54. The quantitative estimate of drug-likeness (QED) is 0.825. The van der Waals surface area contributed by atoms with Crippen molar-refractivity contribution in [1.29, 1.82) is 0 Å². The first-order valence-corrected chi connectivity index (χ1v) is 8.00. The van der Waals surface area contributed by atoms with Crippen molar-refractivity contribution in [2.24, 2.45) is 23.5 Å². The molecule has 3 atom stereocenters. The highest BCUT2D eigenvalue weighted by molar-refractivity contribution is 5.25. The molecule has 2 nitrogen and oxygen atoms in total. The molecule has 1 saturated carbocycles. The minimum atomic E-state index is 0.357. The number of hydrogen-bond donors (Lipinski definition) is 1. The largest absolute Gasteiger partial charge is 0.329 e. The molecule has 20 heavy (non-hydrogen) atoms. The molecule has 2 heteroatoms. The molecule has 3 unspecified atom stereocenters. The normalized spacial score (nSPS) is 23.4. The van der Waals surface area contributed by atoms with Gasteiger partial charge in [0, 0.05) is 19.1 Å². The molecule has 0 saturated heterocycles. The summed E-state index contributed by atoms with van der Waals surface area (Å²) >= 11 is 0. The SMILES string of the molecule is CC(C)Cc1ccc(C(CN)N(C)CC2CC2C)cc1. The van der Waals surface area contributed by atoms with Crippen LogP contribution in [0, 0.1) is 17.8 Å². The van der Waals surface area contributed by atoms with Crippen molar-refractivity contribution in [3.05, 3.63) is 35.4 Å². The van der Waals surface area contributed by atoms with E-state index < -0.39 is 0 Å². The van der Waals surface area contributed by atoms with Crippen molar-refractivity contribution in [2.45, 2.75) is 39.7 Å². The fourth-order valence-electron chi connectivity index (χ4n) is 3.07. The molecule has 0 aromatic heterocycles. The molecular formula is C18H30N2. The summed E-state index contributed by atoms with van der Waals surface area (Å²) in [7, 11) is 2.21. The fraction of sp³-hybridized carbons (Fsp3) is 0.667. The molecule has 112 valence electrons. The van der Waals surface area contributed by atoms with Gasteiger partial charge in [-0.1, -0.05) is 45.0 Å². The summed E-state index contributed by atoms with van der Waals surface area (Å²) in [5.41, 5.74) is 8.80. The van der Waals surface area contributed by atoms with Gasteiger partial charge >= 0.3 is 0 Å². The Labute approximate surface area is 124 Å². The van der Waals surface area contributed by atoms with Crippen molar-refractivity contribution in [3.8, 4) is 0 Å². The molecule has 2 N–H and O–H groups in total. The van der Waals surface area contributed by atoms with Gasteiger partial charge in [0.05, 0.1) is 0 Å². The third-order valence-electron chi connectivity index (χ3n) is 4.56. The summed E-state index contributed by atoms with van der Waals surface area (Å²) in [4.78, 5) is 2.44. The van der Waals surface area contributed by atoms with Gasteiger partial charge in [-0.3, -0.25) is 4.90 Å². The molecule has 0 spiro atoms. The maximum absolute atomic E-state index is 6.01. The molecule has 1 aliphatic rings. The Bertz CT molecular complexity index is 410. The van der Waals surface area contributed by atoms with Crippen LogP contribution in [-0.4, -0.2) is 25.0 Å². The highest BCUT2D eigenvalue weighted by atomic mass is 15.1. The second-order valence-electron chi connectivity index (χ2n) is 7.00. The highest BCUT2D eigenvalue weighted by Crippen LogP contribution is 2.39. The first-order valence-electron chi connectivity index (χ1n) is 8.00. The van der Waals surface area contributed by atoms with Gasteiger partial charge in [0.25, 0.3) is 0 Å². The Morgan fingerprint density at radius 1 is 1.25 bits per heavy atom. The molecule has 0 aliphatic heterocycles. The van der Waals surface area contributed by atoms with Crippen LogP contribution in [0.5, 0.6) is 0 Å². The third-order valence-corrected chi connectivity index (χ3v) is 4.56. The number of nitrogens with zero attached hydrogens (tertiary/aromatic N) is 1. The van der Waals surface area contributed by atoms with Crippen molar-refractivity contribution >= 4 is 0 Å². The predicted octanol–water partition coefficient (Wildman–Crippen LogP) is 3.47. The molecule has 2 rings (SSSR count). The molecule has 0 amide bonds. The molecule has 0 radical (unpaired) electrons. The van der Waals surface area contributed by atoms with Gasteiger partial charge in [0.15, 0.2) is 0 Å². The van der Waals surface area contributed by atoms with Crippen LogP contribution >= 0.6 is 0 Å². The van der Waals surface area contributed by atoms with Gasteiger partial charge in [-0.25, -0.2) is 0 Å². The third kappa shape index (κ3) is 4.07. The standard InChI is InChI=1S/C18H30N2/c1-13(2)9-15-5-7-16(8-6-15)18(11-19)20(4)12-17-10-14(17)3/h5-8,13-14,17-18H,9-12,19H2,1-4H3. The monoisotopic (exact) mass is 274 g/mol. The van der Waals surface area contributed by atoms with Gasteiger partial charge in [-0.05, 0) is 48.8 Å². The van der Waals surface area contributed by atoms with Crippen LogP contribution in [0.2, 0.25) is 0 Å². The van der Waals surface area contributed by atoms with E-state index in [1.165, 1.54) is 24.1 Å². The molecule has 1 aromatic carbocycles. The molecule has 1 aliphatic carbocycles. The highest BCUT2D eigenvalue weighted by Gasteiger charge is 2.34. The van der Waals surface area contributed by atoms with Crippen molar-refractivity contribution in [3.63, 3.8) is 0 Å². The van der Waals surface area contributed by atoms with Crippen LogP contribution in [0.4, 0.5) is 0 Å². The number of rotatable bonds is 7. The predicted molar refractivity (Wildman–Crippen MR) is 86.7 cm³/mol. The van der Waals surface area contributed by atoms with E-state index in [0.717, 1.165) is 18.3 Å². The number of likely N-dealkylation sites (N-methyl/N-ethyl adjacent to an activating group) is 1. The fourth-order valence-corrected chi connectivity index (χ4v) is 3.07. The summed E-state index contributed by atoms with van der Waals surface area (Å²) in [5, 5.41) is 0. The lowest BCUT2D eigenvalue weighted by Crippen LogP contribution is -2.32. The second-order valence-corrected chi connectivity index (χ2v) is 7.00. The zero-order valence-corrected chi connectivity index (χ0v) is 13.5. The minimum Gasteiger partial charge on any atom is -0.329 e. The lowest BCUT2D eigenvalue weighted by molar-refractivity contribution is 0.237. The lowest BCUT2D eigenvalue weighted by atomic mass is 9.99. The Morgan fingerprint density at radius 2 is 1.85 bits per heavy atom. The van der Waals surface area contributed by atoms with Crippen LogP contribution in [-0.2, 0) is 6.42 Å². The van der Waals surface area contributed by atoms with E-state index in [4.69, 9.17) is 5.73 Å². The Hall–Kier alpha value is -0.860. The van der Waals surface area contributed by atoms with Crippen LogP contribution in [0.25, 0.3) is 0 Å². The molecule has 0 heterocycles. The summed E-state index contributed by atoms with van der Waals surface area (Å²) < 4.78 is 0. The maximum Gasteiger partial charge on any atom is 0.0467 e. The summed E-state index contributed by atoms with van der Waals surface area (Å²) in [5.74, 6) is 2.50. The van der Waals surface area contributed by atoms with Gasteiger partial charge in [0.2, 0.25) is 0 Å². The molecule has 0 bridgehead atoms. The van der Waals surface area contributed by atoms with Crippen LogP contribution in [0.15, 0.2) is 24.3 Å². The van der Waals surface area contributed by atoms with Crippen LogP contribution in [0.1, 0.15) is 44.4 Å². The first-order chi connectivity index (χ1) is 9.51. The molecule has 1 fully saturated rings. The van der Waals surface area contributed by atoms with Gasteiger partial charge < -0.3 is 5.73 Å². The van der Waals surface area contributed by atoms with E-state index in [2.05, 4.69) is 57.0 Å². The van der Waals surface area contributed by atoms with Gasteiger partial charge in [-0.15, -0.1) is 0 Å². The van der Waals surface area contributed by atoms with Crippen molar-refractivity contribution in [2.75, 3.05) is 20.1 Å². The topological polar surface area (TPSA) is 29.3 Å². The van der Waals surface area contributed by atoms with E-state index in [9.17, 15) is 0 Å². The smallest absolute Gasteiger partial charge is 0.0467 e. The van der Waals surface area contributed by atoms with E-state index in [-0.39, 0.29) is 0 Å². The summed E-state index contributed by atoms with van der Waals surface area (Å²) in [6, 6.07) is 9.43. The minimum absolute atomic E-state index is 0.357. The van der Waals surface area contributed by atoms with Crippen molar-refractivity contribution in [1.82, 2.24) is 4.90 Å². The number of nitrogens with two attached hydrogens (primary N) is 1. The zero-order valence-electron chi connectivity index (χ0n) is 13.5. The Balaban J connectivity index is 1.99. The lowest BCUT2D eigenvalue weighted by Gasteiger charge is -2.27. The van der Waals surface area contributed by atoms with E-state index in [0.29, 0.717) is 18.5 Å². The van der Waals surface area contributed by atoms with Gasteiger partial charge in [-0.2, -0.15) is 0 Å². The average Bonchev–Trinajstić information content (AvgIpc) is 3.07. The van der Waals surface area contributed by atoms with E-state index >= 15 is 0 Å². The van der Waals surface area contributed by atoms with Gasteiger partial charge in [0.1, 0.15) is 0 Å². The Morgan fingerprint density at radius 3 is 2.30 bits per heavy atom. The Kier molecular flexibility index (Phi) is 5.22. The van der Waals surface area contributed by atoms with Crippen molar-refractivity contribution < 1.29 is 0 Å². The number of hydrogen-bond acceptors (Lipinski definition) is 2.